The van der Waals surface area contributed by atoms with Gasteiger partial charge in [0.05, 0.1) is 12.5 Å². The Balaban J connectivity index is 2.27. The summed E-state index contributed by atoms with van der Waals surface area (Å²) in [5, 5.41) is 0. The lowest BCUT2D eigenvalue weighted by Crippen LogP contribution is -2.22. The molecular formula is C15H28O3. The number of carbonyl (C=O) groups excluding carboxylic acids is 1. The quantitative estimate of drug-likeness (QED) is 0.377. The van der Waals surface area contributed by atoms with E-state index in [0.29, 0.717) is 18.4 Å². The molecule has 1 aliphatic carbocycles. The van der Waals surface area contributed by atoms with E-state index in [1.807, 2.05) is 0 Å². The molecule has 3 atom stereocenters. The van der Waals surface area contributed by atoms with Crippen molar-refractivity contribution in [2.24, 2.45) is 17.8 Å². The molecule has 1 saturated carbocycles. The van der Waals surface area contributed by atoms with Crippen molar-refractivity contribution in [1.82, 2.24) is 0 Å². The molecule has 0 radical (unpaired) electrons. The molecule has 0 saturated heterocycles. The first-order valence-corrected chi connectivity index (χ1v) is 7.47. The summed E-state index contributed by atoms with van der Waals surface area (Å²) in [6.45, 7) is 7.30. The molecule has 0 aromatic carbocycles. The third kappa shape index (κ3) is 4.60. The van der Waals surface area contributed by atoms with Crippen LogP contribution in [0.5, 0.6) is 0 Å². The van der Waals surface area contributed by atoms with Gasteiger partial charge in [0.25, 0.3) is 0 Å². The first kappa shape index (κ1) is 15.5. The Hall–Kier alpha value is -0.570. The number of hydrogen-bond acceptors (Lipinski definition) is 3. The first-order valence-electron chi connectivity index (χ1n) is 7.47. The van der Waals surface area contributed by atoms with E-state index >= 15 is 0 Å². The van der Waals surface area contributed by atoms with Crippen LogP contribution in [0.25, 0.3) is 0 Å². The average Bonchev–Trinajstić information content (AvgIpc) is 2.81. The lowest BCUT2D eigenvalue weighted by atomic mass is 9.94. The van der Waals surface area contributed by atoms with Crippen LogP contribution in [0.3, 0.4) is 0 Å². The fourth-order valence-electron chi connectivity index (χ4n) is 2.83. The second-order valence-electron chi connectivity index (χ2n) is 5.36. The van der Waals surface area contributed by atoms with E-state index in [1.165, 1.54) is 12.8 Å². The van der Waals surface area contributed by atoms with Crippen molar-refractivity contribution >= 4 is 5.97 Å². The third-order valence-electron chi connectivity index (χ3n) is 4.12. The molecule has 0 heterocycles. The van der Waals surface area contributed by atoms with Crippen molar-refractivity contribution in [2.45, 2.75) is 59.3 Å². The molecular weight excluding hydrogens is 228 g/mol. The summed E-state index contributed by atoms with van der Waals surface area (Å²) in [7, 11) is 0. The van der Waals surface area contributed by atoms with E-state index in [0.717, 1.165) is 25.7 Å². The van der Waals surface area contributed by atoms with Gasteiger partial charge in [-0.05, 0) is 31.1 Å². The molecule has 1 aliphatic rings. The highest BCUT2D eigenvalue weighted by Gasteiger charge is 2.37. The van der Waals surface area contributed by atoms with Crippen LogP contribution in [0.2, 0.25) is 0 Å². The molecule has 0 spiro atoms. The summed E-state index contributed by atoms with van der Waals surface area (Å²) >= 11 is 0. The van der Waals surface area contributed by atoms with Gasteiger partial charge >= 0.3 is 5.97 Å². The minimum absolute atomic E-state index is 0.0469. The maximum Gasteiger partial charge on any atom is 0.311 e. The van der Waals surface area contributed by atoms with Gasteiger partial charge in [0.1, 0.15) is 0 Å². The Labute approximate surface area is 111 Å². The lowest BCUT2D eigenvalue weighted by Gasteiger charge is -2.16. The molecule has 3 heteroatoms. The maximum atomic E-state index is 12.0. The topological polar surface area (TPSA) is 35.5 Å². The largest absolute Gasteiger partial charge is 0.438 e. The molecule has 3 nitrogen and oxygen atoms in total. The van der Waals surface area contributed by atoms with Gasteiger partial charge in [0.15, 0.2) is 6.79 Å². The number of carbonyl (C=O) groups is 1. The molecule has 0 aromatic heterocycles. The van der Waals surface area contributed by atoms with Crippen LogP contribution < -0.4 is 0 Å². The number of hydrogen-bond donors (Lipinski definition) is 0. The van der Waals surface area contributed by atoms with E-state index in [9.17, 15) is 4.79 Å². The minimum atomic E-state index is -0.0469. The van der Waals surface area contributed by atoms with Crippen molar-refractivity contribution < 1.29 is 14.3 Å². The van der Waals surface area contributed by atoms with Crippen LogP contribution in [0.1, 0.15) is 59.3 Å². The maximum absolute atomic E-state index is 12.0. The number of unbranched alkanes of at least 4 members (excludes halogenated alkanes) is 1. The van der Waals surface area contributed by atoms with E-state index in [4.69, 9.17) is 9.47 Å². The summed E-state index contributed by atoms with van der Waals surface area (Å²) in [5.74, 6) is 1.27. The molecule has 0 aromatic rings. The van der Waals surface area contributed by atoms with Crippen molar-refractivity contribution in [3.8, 4) is 0 Å². The zero-order chi connectivity index (χ0) is 13.4. The van der Waals surface area contributed by atoms with Crippen LogP contribution in [-0.2, 0) is 14.3 Å². The molecule has 0 N–H and O–H groups in total. The summed E-state index contributed by atoms with van der Waals surface area (Å²) in [6, 6.07) is 0. The molecule has 1 rings (SSSR count). The Morgan fingerprint density at radius 1 is 1.17 bits per heavy atom. The van der Waals surface area contributed by atoms with Gasteiger partial charge in [-0.2, -0.15) is 0 Å². The first-order chi connectivity index (χ1) is 8.72. The molecule has 0 aliphatic heterocycles. The smallest absolute Gasteiger partial charge is 0.311 e. The highest BCUT2D eigenvalue weighted by molar-refractivity contribution is 5.73. The highest BCUT2D eigenvalue weighted by atomic mass is 16.7. The van der Waals surface area contributed by atoms with Crippen molar-refractivity contribution in [1.29, 1.82) is 0 Å². The Morgan fingerprint density at radius 2 is 1.94 bits per heavy atom. The van der Waals surface area contributed by atoms with Gasteiger partial charge in [-0.1, -0.05) is 40.0 Å². The molecule has 3 unspecified atom stereocenters. The summed E-state index contributed by atoms with van der Waals surface area (Å²) < 4.78 is 10.5. The SMILES string of the molecule is CCCCOCOC(=O)C1CC(CC)CC1CC. The summed E-state index contributed by atoms with van der Waals surface area (Å²) in [6.07, 6.45) is 6.57. The van der Waals surface area contributed by atoms with Crippen LogP contribution in [0, 0.1) is 17.8 Å². The number of rotatable bonds is 8. The molecule has 0 bridgehead atoms. The van der Waals surface area contributed by atoms with E-state index < -0.39 is 0 Å². The second kappa shape index (κ2) is 8.52. The monoisotopic (exact) mass is 256 g/mol. The van der Waals surface area contributed by atoms with Crippen LogP contribution in [-0.4, -0.2) is 19.4 Å². The van der Waals surface area contributed by atoms with Crippen molar-refractivity contribution in [2.75, 3.05) is 13.4 Å². The Bertz CT molecular complexity index is 240. The fraction of sp³-hybridized carbons (Fsp3) is 0.933. The van der Waals surface area contributed by atoms with Crippen molar-refractivity contribution in [3.63, 3.8) is 0 Å². The molecule has 0 amide bonds. The van der Waals surface area contributed by atoms with E-state index in [-0.39, 0.29) is 18.7 Å². The highest BCUT2D eigenvalue weighted by Crippen LogP contribution is 2.40. The predicted molar refractivity (Wildman–Crippen MR) is 72.1 cm³/mol. The Morgan fingerprint density at radius 3 is 2.56 bits per heavy atom. The number of ether oxygens (including phenoxy) is 2. The summed E-state index contributed by atoms with van der Waals surface area (Å²) in [4.78, 5) is 12.0. The molecule has 106 valence electrons. The van der Waals surface area contributed by atoms with E-state index in [2.05, 4.69) is 20.8 Å². The van der Waals surface area contributed by atoms with Crippen LogP contribution in [0.4, 0.5) is 0 Å². The Kier molecular flexibility index (Phi) is 7.33. The fourth-order valence-corrected chi connectivity index (χ4v) is 2.83. The van der Waals surface area contributed by atoms with Gasteiger partial charge < -0.3 is 9.47 Å². The predicted octanol–water partition coefficient (Wildman–Crippen LogP) is 3.77. The zero-order valence-corrected chi connectivity index (χ0v) is 12.1. The van der Waals surface area contributed by atoms with Crippen LogP contribution >= 0.6 is 0 Å². The molecule has 18 heavy (non-hydrogen) atoms. The average molecular weight is 256 g/mol. The van der Waals surface area contributed by atoms with Gasteiger partial charge in [-0.3, -0.25) is 4.79 Å². The van der Waals surface area contributed by atoms with Crippen molar-refractivity contribution in [3.05, 3.63) is 0 Å². The van der Waals surface area contributed by atoms with Gasteiger partial charge in [0, 0.05) is 0 Å². The van der Waals surface area contributed by atoms with Crippen LogP contribution in [0.15, 0.2) is 0 Å². The molecule has 1 fully saturated rings. The van der Waals surface area contributed by atoms with Gasteiger partial charge in [-0.15, -0.1) is 0 Å². The van der Waals surface area contributed by atoms with Gasteiger partial charge in [0.2, 0.25) is 0 Å². The number of esters is 1. The minimum Gasteiger partial charge on any atom is -0.438 e. The van der Waals surface area contributed by atoms with E-state index in [1.54, 1.807) is 0 Å². The lowest BCUT2D eigenvalue weighted by molar-refractivity contribution is -0.162. The normalized spacial score (nSPS) is 27.4. The second-order valence-corrected chi connectivity index (χ2v) is 5.36. The van der Waals surface area contributed by atoms with Gasteiger partial charge in [-0.25, -0.2) is 0 Å². The third-order valence-corrected chi connectivity index (χ3v) is 4.12. The standard InChI is InChI=1S/C15H28O3/c1-4-7-8-17-11-18-15(16)14-10-12(5-2)9-13(14)6-3/h12-14H,4-11H2,1-3H3. The zero-order valence-electron chi connectivity index (χ0n) is 12.1. The summed E-state index contributed by atoms with van der Waals surface area (Å²) in [5.41, 5.74) is 0.